The van der Waals surface area contributed by atoms with Crippen molar-refractivity contribution in [3.8, 4) is 23.0 Å². The van der Waals surface area contributed by atoms with Gasteiger partial charge in [0.25, 0.3) is 0 Å². The van der Waals surface area contributed by atoms with Crippen molar-refractivity contribution in [1.82, 2.24) is 15.0 Å². The molecule has 0 radical (unpaired) electrons. The molecule has 1 unspecified atom stereocenters. The highest BCUT2D eigenvalue weighted by atomic mass is 16.5. The number of aryl methyl sites for hydroxylation is 2. The second-order valence-corrected chi connectivity index (χ2v) is 7.66. The van der Waals surface area contributed by atoms with Crippen LogP contribution in [0.25, 0.3) is 10.9 Å². The van der Waals surface area contributed by atoms with Crippen molar-refractivity contribution in [2.45, 2.75) is 26.9 Å². The fourth-order valence-electron chi connectivity index (χ4n) is 3.63. The van der Waals surface area contributed by atoms with E-state index in [1.165, 1.54) is 6.92 Å². The van der Waals surface area contributed by atoms with Crippen LogP contribution in [-0.2, 0) is 9.53 Å². The summed E-state index contributed by atoms with van der Waals surface area (Å²) >= 11 is 0. The molecule has 174 valence electrons. The Morgan fingerprint density at radius 1 is 0.853 bits per heavy atom. The van der Waals surface area contributed by atoms with Crippen molar-refractivity contribution >= 4 is 16.9 Å². The predicted molar refractivity (Wildman–Crippen MR) is 126 cm³/mol. The van der Waals surface area contributed by atoms with Gasteiger partial charge in [-0.25, -0.2) is 4.98 Å². The van der Waals surface area contributed by atoms with Crippen molar-refractivity contribution in [1.29, 1.82) is 0 Å². The quantitative estimate of drug-likeness (QED) is 0.352. The third-order valence-electron chi connectivity index (χ3n) is 5.16. The maximum Gasteiger partial charge on any atom is 0.303 e. The molecule has 1 atom stereocenters. The minimum atomic E-state index is -0.838. The Kier molecular flexibility index (Phi) is 6.58. The van der Waals surface area contributed by atoms with Crippen molar-refractivity contribution in [2.75, 3.05) is 14.2 Å². The molecule has 8 heteroatoms. The van der Waals surface area contributed by atoms with Crippen LogP contribution in [0.5, 0.6) is 23.0 Å². The largest absolute Gasteiger partial charge is 0.493 e. The van der Waals surface area contributed by atoms with Gasteiger partial charge >= 0.3 is 5.97 Å². The van der Waals surface area contributed by atoms with Gasteiger partial charge in [0, 0.05) is 36.0 Å². The number of rotatable bonds is 7. The SMILES string of the molecule is COc1cc2nccc(Oc3ccc(C)nc3C(OC(C)=O)c3cccc(C)n3)c2cc1OC. The average molecular weight is 460 g/mol. The van der Waals surface area contributed by atoms with Crippen molar-refractivity contribution in [2.24, 2.45) is 0 Å². The number of hydrogen-bond donors (Lipinski definition) is 0. The van der Waals surface area contributed by atoms with Crippen LogP contribution in [0.15, 0.2) is 54.7 Å². The number of ether oxygens (including phenoxy) is 4. The number of methoxy groups -OCH3 is 2. The molecule has 0 aliphatic rings. The standard InChI is InChI=1S/C26H25N3O5/c1-15-7-6-8-19(28-15)26(33-17(3)30)25-22(10-9-16(2)29-25)34-21-11-12-27-20-14-24(32-5)23(31-4)13-18(20)21/h6-14,26H,1-5H3. The lowest BCUT2D eigenvalue weighted by Gasteiger charge is -2.20. The predicted octanol–water partition coefficient (Wildman–Crippen LogP) is 5.10. The van der Waals surface area contributed by atoms with Crippen molar-refractivity contribution < 1.29 is 23.7 Å². The molecule has 0 bridgehead atoms. The van der Waals surface area contributed by atoms with E-state index in [2.05, 4.69) is 15.0 Å². The molecule has 0 fully saturated rings. The Morgan fingerprint density at radius 3 is 2.29 bits per heavy atom. The molecule has 0 saturated heterocycles. The van der Waals surface area contributed by atoms with Gasteiger partial charge in [0.1, 0.15) is 11.4 Å². The third-order valence-corrected chi connectivity index (χ3v) is 5.16. The molecule has 0 aliphatic carbocycles. The summed E-state index contributed by atoms with van der Waals surface area (Å²) in [4.78, 5) is 25.6. The van der Waals surface area contributed by atoms with E-state index in [9.17, 15) is 4.79 Å². The number of esters is 1. The Hall–Kier alpha value is -4.20. The fourth-order valence-corrected chi connectivity index (χ4v) is 3.63. The molecule has 3 aromatic heterocycles. The maximum absolute atomic E-state index is 12.0. The molecule has 0 saturated carbocycles. The molecule has 8 nitrogen and oxygen atoms in total. The average Bonchev–Trinajstić information content (AvgIpc) is 2.82. The molecule has 4 rings (SSSR count). The van der Waals surface area contributed by atoms with Crippen molar-refractivity contribution in [3.05, 3.63) is 77.5 Å². The first-order valence-corrected chi connectivity index (χ1v) is 10.7. The molecular weight excluding hydrogens is 434 g/mol. The minimum absolute atomic E-state index is 0.433. The summed E-state index contributed by atoms with van der Waals surface area (Å²) in [6.07, 6.45) is 0.811. The first-order valence-electron chi connectivity index (χ1n) is 10.7. The lowest BCUT2D eigenvalue weighted by Crippen LogP contribution is -2.15. The second-order valence-electron chi connectivity index (χ2n) is 7.66. The monoisotopic (exact) mass is 459 g/mol. The normalized spacial score (nSPS) is 11.7. The van der Waals surface area contributed by atoms with E-state index in [0.717, 1.165) is 16.8 Å². The van der Waals surface area contributed by atoms with Gasteiger partial charge in [0.2, 0.25) is 0 Å². The van der Waals surface area contributed by atoms with Gasteiger partial charge in [0.15, 0.2) is 23.4 Å². The van der Waals surface area contributed by atoms with Gasteiger partial charge in [-0.2, -0.15) is 0 Å². The number of hydrogen-bond acceptors (Lipinski definition) is 8. The number of fused-ring (bicyclic) bond motifs is 1. The molecule has 0 amide bonds. The summed E-state index contributed by atoms with van der Waals surface area (Å²) in [5.74, 6) is 1.64. The van der Waals surface area contributed by atoms with E-state index in [1.807, 2.05) is 38.1 Å². The van der Waals surface area contributed by atoms with Crippen LogP contribution in [0, 0.1) is 13.8 Å². The van der Waals surface area contributed by atoms with Crippen LogP contribution >= 0.6 is 0 Å². The number of benzene rings is 1. The molecule has 0 spiro atoms. The molecule has 1 aromatic carbocycles. The van der Waals surface area contributed by atoms with E-state index in [0.29, 0.717) is 39.9 Å². The Labute approximate surface area is 197 Å². The molecular formula is C26H25N3O5. The molecule has 0 aliphatic heterocycles. The summed E-state index contributed by atoms with van der Waals surface area (Å²) in [5, 5.41) is 0.726. The van der Waals surface area contributed by atoms with Crippen LogP contribution in [0.3, 0.4) is 0 Å². The van der Waals surface area contributed by atoms with Crippen LogP contribution in [0.4, 0.5) is 0 Å². The van der Waals surface area contributed by atoms with E-state index in [4.69, 9.17) is 18.9 Å². The fraction of sp³-hybridized carbons (Fsp3) is 0.231. The van der Waals surface area contributed by atoms with E-state index >= 15 is 0 Å². The zero-order valence-corrected chi connectivity index (χ0v) is 19.7. The van der Waals surface area contributed by atoms with Gasteiger partial charge in [-0.05, 0) is 50.2 Å². The summed E-state index contributed by atoms with van der Waals surface area (Å²) in [6, 6.07) is 14.5. The highest BCUT2D eigenvalue weighted by molar-refractivity contribution is 5.88. The highest BCUT2D eigenvalue weighted by Crippen LogP contribution is 2.39. The first kappa shape index (κ1) is 23.0. The second kappa shape index (κ2) is 9.74. The zero-order valence-electron chi connectivity index (χ0n) is 19.7. The van der Waals surface area contributed by atoms with Gasteiger partial charge in [-0.3, -0.25) is 14.8 Å². The Morgan fingerprint density at radius 2 is 1.59 bits per heavy atom. The number of pyridine rings is 3. The molecule has 3 heterocycles. The summed E-state index contributed by atoms with van der Waals surface area (Å²) in [5.41, 5.74) is 3.22. The summed E-state index contributed by atoms with van der Waals surface area (Å²) in [7, 11) is 3.14. The maximum atomic E-state index is 12.0. The molecule has 4 aromatic rings. The third kappa shape index (κ3) is 4.76. The summed E-state index contributed by atoms with van der Waals surface area (Å²) < 4.78 is 22.9. The number of aromatic nitrogens is 3. The highest BCUT2D eigenvalue weighted by Gasteiger charge is 2.26. The van der Waals surface area contributed by atoms with E-state index < -0.39 is 12.1 Å². The summed E-state index contributed by atoms with van der Waals surface area (Å²) in [6.45, 7) is 5.09. The first-order chi connectivity index (χ1) is 16.4. The van der Waals surface area contributed by atoms with E-state index in [1.54, 1.807) is 44.7 Å². The van der Waals surface area contributed by atoms with Crippen LogP contribution in [0.1, 0.15) is 35.8 Å². The zero-order chi connectivity index (χ0) is 24.2. The van der Waals surface area contributed by atoms with Gasteiger partial charge < -0.3 is 18.9 Å². The Balaban J connectivity index is 1.84. The molecule has 0 N–H and O–H groups in total. The van der Waals surface area contributed by atoms with Gasteiger partial charge in [0.05, 0.1) is 25.4 Å². The minimum Gasteiger partial charge on any atom is -0.493 e. The van der Waals surface area contributed by atoms with Crippen molar-refractivity contribution in [3.63, 3.8) is 0 Å². The lowest BCUT2D eigenvalue weighted by molar-refractivity contribution is -0.145. The van der Waals surface area contributed by atoms with Gasteiger partial charge in [-0.1, -0.05) is 6.07 Å². The number of carbonyl (C=O) groups is 1. The van der Waals surface area contributed by atoms with Crippen LogP contribution in [0.2, 0.25) is 0 Å². The molecule has 34 heavy (non-hydrogen) atoms. The van der Waals surface area contributed by atoms with E-state index in [-0.39, 0.29) is 0 Å². The number of nitrogens with zero attached hydrogens (tertiary/aromatic N) is 3. The Bertz CT molecular complexity index is 1360. The smallest absolute Gasteiger partial charge is 0.303 e. The van der Waals surface area contributed by atoms with Gasteiger partial charge in [-0.15, -0.1) is 0 Å². The lowest BCUT2D eigenvalue weighted by atomic mass is 10.1. The topological polar surface area (TPSA) is 92.7 Å². The van der Waals surface area contributed by atoms with Crippen LogP contribution in [-0.4, -0.2) is 35.1 Å². The van der Waals surface area contributed by atoms with Crippen LogP contribution < -0.4 is 14.2 Å². The number of carbonyl (C=O) groups excluding carboxylic acids is 1.